The van der Waals surface area contributed by atoms with Crippen molar-refractivity contribution in [3.8, 4) is 0 Å². The molecule has 0 aliphatic carbocycles. The van der Waals surface area contributed by atoms with Gasteiger partial charge in [0.05, 0.1) is 23.7 Å². The van der Waals surface area contributed by atoms with E-state index in [0.29, 0.717) is 37.4 Å². The van der Waals surface area contributed by atoms with Crippen LogP contribution in [-0.2, 0) is 0 Å². The molecule has 1 aliphatic heterocycles. The molecule has 1 aliphatic rings. The monoisotopic (exact) mass is 339 g/mol. The van der Waals surface area contributed by atoms with Crippen molar-refractivity contribution in [2.75, 3.05) is 26.2 Å². The molecule has 128 valence electrons. The number of rotatable bonds is 4. The summed E-state index contributed by atoms with van der Waals surface area (Å²) in [6.45, 7) is 2.34. The number of non-ortho nitro benzene ring substituents is 1. The van der Waals surface area contributed by atoms with Crippen LogP contribution in [0.5, 0.6) is 0 Å². The summed E-state index contributed by atoms with van der Waals surface area (Å²) in [4.78, 5) is 24.3. The van der Waals surface area contributed by atoms with Crippen LogP contribution in [0.3, 0.4) is 0 Å². The van der Waals surface area contributed by atoms with E-state index in [0.717, 1.165) is 0 Å². The zero-order valence-corrected chi connectivity index (χ0v) is 13.5. The summed E-state index contributed by atoms with van der Waals surface area (Å²) < 4.78 is 0. The maximum Gasteiger partial charge on any atom is 0.269 e. The number of benzene rings is 2. The van der Waals surface area contributed by atoms with Gasteiger partial charge in [0.1, 0.15) is 0 Å². The van der Waals surface area contributed by atoms with Gasteiger partial charge in [0, 0.05) is 30.8 Å². The first-order valence-electron chi connectivity index (χ1n) is 7.89. The fraction of sp³-hybridized carbons (Fsp3) is 0.235. The van der Waals surface area contributed by atoms with Crippen LogP contribution in [0, 0.1) is 10.1 Å². The zero-order chi connectivity index (χ0) is 17.6. The van der Waals surface area contributed by atoms with Crippen LogP contribution < -0.4 is 0 Å². The van der Waals surface area contributed by atoms with Gasteiger partial charge in [-0.05, 0) is 24.3 Å². The predicted molar refractivity (Wildman–Crippen MR) is 91.5 cm³/mol. The maximum absolute atomic E-state index is 12.4. The third kappa shape index (κ3) is 4.17. The number of nitro benzene ring substituents is 1. The van der Waals surface area contributed by atoms with E-state index in [1.54, 1.807) is 22.0 Å². The van der Waals surface area contributed by atoms with Gasteiger partial charge in [0.15, 0.2) is 0 Å². The minimum Gasteiger partial charge on any atom is -0.335 e. The number of amides is 1. The lowest BCUT2D eigenvalue weighted by atomic mass is 10.2. The van der Waals surface area contributed by atoms with Gasteiger partial charge in [-0.1, -0.05) is 23.4 Å². The van der Waals surface area contributed by atoms with Crippen molar-refractivity contribution in [1.82, 2.24) is 9.91 Å². The molecule has 0 spiro atoms. The molecule has 2 aromatic rings. The Morgan fingerprint density at radius 3 is 2.20 bits per heavy atom. The zero-order valence-electron chi connectivity index (χ0n) is 13.5. The average Bonchev–Trinajstić information content (AvgIpc) is 2.67. The van der Waals surface area contributed by atoms with E-state index in [1.165, 1.54) is 12.1 Å². The van der Waals surface area contributed by atoms with Crippen molar-refractivity contribution in [3.05, 3.63) is 70.3 Å². The molecule has 0 N–H and O–H groups in total. The van der Waals surface area contributed by atoms with Crippen molar-refractivity contribution >= 4 is 17.3 Å². The fourth-order valence-corrected chi connectivity index (χ4v) is 2.51. The molecule has 0 radical (unpaired) electrons. The van der Waals surface area contributed by atoms with Crippen molar-refractivity contribution in [1.29, 1.82) is 0 Å². The molecule has 0 unspecified atom stereocenters. The third-order valence-electron chi connectivity index (χ3n) is 3.91. The van der Waals surface area contributed by atoms with Crippen molar-refractivity contribution < 1.29 is 9.72 Å². The van der Waals surface area contributed by atoms with Crippen molar-refractivity contribution in [2.45, 2.75) is 0 Å². The minimum absolute atomic E-state index is 0.0204. The number of nitrogens with zero attached hydrogens (tertiary/aromatic N) is 5. The Morgan fingerprint density at radius 2 is 1.60 bits per heavy atom. The lowest BCUT2D eigenvalue weighted by Crippen LogP contribution is -2.46. The topological polar surface area (TPSA) is 91.4 Å². The highest BCUT2D eigenvalue weighted by Gasteiger charge is 2.21. The first kappa shape index (κ1) is 16.6. The molecule has 1 heterocycles. The van der Waals surface area contributed by atoms with Crippen molar-refractivity contribution in [3.63, 3.8) is 0 Å². The van der Waals surface area contributed by atoms with Crippen LogP contribution in [0.4, 0.5) is 11.4 Å². The smallest absolute Gasteiger partial charge is 0.269 e. The highest BCUT2D eigenvalue weighted by Crippen LogP contribution is 2.19. The summed E-state index contributed by atoms with van der Waals surface area (Å²) in [5.41, 5.74) is 1.25. The Bertz CT molecular complexity index is 769. The van der Waals surface area contributed by atoms with E-state index >= 15 is 0 Å². The highest BCUT2D eigenvalue weighted by molar-refractivity contribution is 5.94. The quantitative estimate of drug-likeness (QED) is 0.486. The van der Waals surface area contributed by atoms with Crippen LogP contribution >= 0.6 is 0 Å². The summed E-state index contributed by atoms with van der Waals surface area (Å²) in [6, 6.07) is 15.1. The van der Waals surface area contributed by atoms with Gasteiger partial charge in [-0.25, -0.2) is 0 Å². The van der Waals surface area contributed by atoms with Gasteiger partial charge in [0.25, 0.3) is 11.6 Å². The molecule has 1 fully saturated rings. The van der Waals surface area contributed by atoms with E-state index in [2.05, 4.69) is 10.3 Å². The standard InChI is InChI=1S/C17H17N5O3/c23-17(14-4-2-1-3-5-14)20-10-12-21(13-11-20)19-18-15-6-8-16(9-7-15)22(24)25/h1-9H,10-13H2. The molecule has 0 aromatic heterocycles. The second-order valence-electron chi connectivity index (χ2n) is 5.57. The lowest BCUT2D eigenvalue weighted by molar-refractivity contribution is -0.384. The Balaban J connectivity index is 1.54. The Kier molecular flexibility index (Phi) is 4.98. The van der Waals surface area contributed by atoms with Crippen LogP contribution in [0.2, 0.25) is 0 Å². The second-order valence-corrected chi connectivity index (χ2v) is 5.57. The molecule has 8 heteroatoms. The summed E-state index contributed by atoms with van der Waals surface area (Å²) in [5.74, 6) is 0.0209. The first-order chi connectivity index (χ1) is 12.1. The van der Waals surface area contributed by atoms with E-state index in [9.17, 15) is 14.9 Å². The summed E-state index contributed by atoms with van der Waals surface area (Å²) >= 11 is 0. The fourth-order valence-electron chi connectivity index (χ4n) is 2.51. The van der Waals surface area contributed by atoms with E-state index < -0.39 is 4.92 Å². The number of hydrogen-bond donors (Lipinski definition) is 0. The summed E-state index contributed by atoms with van der Waals surface area (Å²) in [7, 11) is 0. The molecule has 25 heavy (non-hydrogen) atoms. The van der Waals surface area contributed by atoms with E-state index in [-0.39, 0.29) is 11.6 Å². The van der Waals surface area contributed by atoms with E-state index in [1.807, 2.05) is 30.3 Å². The Labute approximate surface area is 144 Å². The molecule has 1 amide bonds. The van der Waals surface area contributed by atoms with Gasteiger partial charge in [-0.2, -0.15) is 0 Å². The van der Waals surface area contributed by atoms with Crippen LogP contribution in [-0.4, -0.2) is 46.9 Å². The number of carbonyl (C=O) groups is 1. The lowest BCUT2D eigenvalue weighted by Gasteiger charge is -2.32. The largest absolute Gasteiger partial charge is 0.335 e. The minimum atomic E-state index is -0.454. The molecule has 2 aromatic carbocycles. The predicted octanol–water partition coefficient (Wildman–Crippen LogP) is 3.05. The normalized spacial score (nSPS) is 14.7. The Hall–Kier alpha value is -3.29. The second kappa shape index (κ2) is 7.52. The molecular weight excluding hydrogens is 322 g/mol. The van der Waals surface area contributed by atoms with Gasteiger partial charge < -0.3 is 4.90 Å². The molecule has 0 bridgehead atoms. The molecule has 3 rings (SSSR count). The SMILES string of the molecule is O=C(c1ccccc1)N1CCN(N=Nc2ccc([N+](=O)[O-])cc2)CC1. The number of nitro groups is 1. The highest BCUT2D eigenvalue weighted by atomic mass is 16.6. The molecule has 1 saturated heterocycles. The summed E-state index contributed by atoms with van der Waals surface area (Å²) in [5, 5.41) is 20.6. The molecule has 0 atom stereocenters. The van der Waals surface area contributed by atoms with Crippen LogP contribution in [0.15, 0.2) is 64.9 Å². The van der Waals surface area contributed by atoms with Crippen LogP contribution in [0.25, 0.3) is 0 Å². The third-order valence-corrected chi connectivity index (χ3v) is 3.91. The van der Waals surface area contributed by atoms with E-state index in [4.69, 9.17) is 0 Å². The number of hydrogen-bond acceptors (Lipinski definition) is 5. The van der Waals surface area contributed by atoms with Crippen LogP contribution in [0.1, 0.15) is 10.4 Å². The average molecular weight is 339 g/mol. The van der Waals surface area contributed by atoms with Gasteiger partial charge in [-0.3, -0.25) is 19.9 Å². The summed E-state index contributed by atoms with van der Waals surface area (Å²) in [6.07, 6.45) is 0. The van der Waals surface area contributed by atoms with Gasteiger partial charge >= 0.3 is 0 Å². The molecule has 8 nitrogen and oxygen atoms in total. The molecular formula is C17H17N5O3. The first-order valence-corrected chi connectivity index (χ1v) is 7.89. The molecule has 0 saturated carbocycles. The number of piperazine rings is 1. The van der Waals surface area contributed by atoms with Gasteiger partial charge in [-0.15, -0.1) is 5.11 Å². The Morgan fingerprint density at radius 1 is 0.960 bits per heavy atom. The number of carbonyl (C=O) groups excluding carboxylic acids is 1. The van der Waals surface area contributed by atoms with Gasteiger partial charge in [0.2, 0.25) is 0 Å². The van der Waals surface area contributed by atoms with Crippen molar-refractivity contribution in [2.24, 2.45) is 10.3 Å². The maximum atomic E-state index is 12.4.